The molecule has 4 nitrogen and oxygen atoms in total. The van der Waals surface area contributed by atoms with Crippen LogP contribution in [0.2, 0.25) is 10.0 Å². The second-order valence-electron chi connectivity index (χ2n) is 7.69. The Morgan fingerprint density at radius 2 is 1.56 bits per heavy atom. The summed E-state index contributed by atoms with van der Waals surface area (Å²) < 4.78 is 0. The van der Waals surface area contributed by atoms with Crippen LogP contribution in [0.25, 0.3) is 5.57 Å². The highest BCUT2D eigenvalue weighted by Gasteiger charge is 2.31. The molecule has 3 aromatic carbocycles. The molecule has 1 aliphatic heterocycles. The molecule has 1 N–H and O–H groups in total. The van der Waals surface area contributed by atoms with Crippen molar-refractivity contribution in [1.82, 2.24) is 5.32 Å². The van der Waals surface area contributed by atoms with Gasteiger partial charge < -0.3 is 10.2 Å². The predicted molar refractivity (Wildman–Crippen MR) is 130 cm³/mol. The highest BCUT2D eigenvalue weighted by Crippen LogP contribution is 2.38. The molecule has 162 valence electrons. The number of para-hydroxylation sites is 1. The molecule has 0 spiro atoms. The van der Waals surface area contributed by atoms with Gasteiger partial charge in [-0.1, -0.05) is 71.7 Å². The second-order valence-corrected chi connectivity index (χ2v) is 8.50. The third-order valence-corrected chi connectivity index (χ3v) is 6.36. The maximum absolute atomic E-state index is 13.6. The summed E-state index contributed by atoms with van der Waals surface area (Å²) in [6, 6.07) is 21.5. The van der Waals surface area contributed by atoms with Crippen LogP contribution in [0, 0.1) is 0 Å². The number of ketones is 1. The molecule has 0 saturated heterocycles. The zero-order chi connectivity index (χ0) is 22.8. The average Bonchev–Trinajstić information content (AvgIpc) is 2.78. The van der Waals surface area contributed by atoms with E-state index in [1.54, 1.807) is 24.3 Å². The van der Waals surface area contributed by atoms with Crippen LogP contribution >= 0.6 is 23.2 Å². The van der Waals surface area contributed by atoms with E-state index in [-0.39, 0.29) is 11.7 Å². The number of anilines is 1. The van der Waals surface area contributed by atoms with Crippen molar-refractivity contribution >= 4 is 46.2 Å². The zero-order valence-electron chi connectivity index (χ0n) is 17.7. The van der Waals surface area contributed by atoms with E-state index in [0.717, 1.165) is 22.5 Å². The third-order valence-electron chi connectivity index (χ3n) is 5.66. The summed E-state index contributed by atoms with van der Waals surface area (Å²) >= 11 is 12.9. The van der Waals surface area contributed by atoms with E-state index in [1.165, 1.54) is 6.92 Å². The molecule has 6 heteroatoms. The van der Waals surface area contributed by atoms with Crippen LogP contribution in [0.5, 0.6) is 0 Å². The number of rotatable bonds is 5. The number of nitrogens with one attached hydrogen (secondary N) is 1. The van der Waals surface area contributed by atoms with Gasteiger partial charge in [0, 0.05) is 33.5 Å². The van der Waals surface area contributed by atoms with Crippen LogP contribution in [0.15, 0.2) is 78.5 Å². The molecule has 3 aromatic rings. The molecular weight excluding hydrogens is 443 g/mol. The summed E-state index contributed by atoms with van der Waals surface area (Å²) in [7, 11) is 0. The van der Waals surface area contributed by atoms with Gasteiger partial charge in [0.15, 0.2) is 5.78 Å². The quantitative estimate of drug-likeness (QED) is 0.489. The molecule has 1 atom stereocenters. The van der Waals surface area contributed by atoms with E-state index in [9.17, 15) is 9.59 Å². The fourth-order valence-electron chi connectivity index (χ4n) is 4.05. The van der Waals surface area contributed by atoms with Crippen molar-refractivity contribution in [2.45, 2.75) is 26.4 Å². The largest absolute Gasteiger partial charge is 0.340 e. The smallest absolute Gasteiger partial charge is 0.254 e. The topological polar surface area (TPSA) is 49.4 Å². The standard InChI is InChI=1S/C26H22Cl2N2O2/c1-16-24(26(32)29-25(17(2)31)20-11-6-7-13-22(20)27)19-12-8-14-23(28)21(19)15-30(16)18-9-4-3-5-10-18/h3-14,25H,15H2,1-2H3,(H,29,32)/t25-/m1/s1. The van der Waals surface area contributed by atoms with Crippen LogP contribution in [-0.2, 0) is 16.1 Å². The summed E-state index contributed by atoms with van der Waals surface area (Å²) in [6.07, 6.45) is 0. The Morgan fingerprint density at radius 1 is 0.906 bits per heavy atom. The van der Waals surface area contributed by atoms with E-state index in [1.807, 2.05) is 55.5 Å². The Morgan fingerprint density at radius 3 is 2.25 bits per heavy atom. The van der Waals surface area contributed by atoms with Crippen molar-refractivity contribution in [3.63, 3.8) is 0 Å². The zero-order valence-corrected chi connectivity index (χ0v) is 19.2. The third kappa shape index (κ3) is 4.16. The highest BCUT2D eigenvalue weighted by atomic mass is 35.5. The van der Waals surface area contributed by atoms with Gasteiger partial charge in [-0.25, -0.2) is 0 Å². The molecule has 0 aliphatic carbocycles. The first kappa shape index (κ1) is 22.1. The number of allylic oxidation sites excluding steroid dienone is 1. The van der Waals surface area contributed by atoms with Crippen LogP contribution < -0.4 is 10.2 Å². The molecule has 32 heavy (non-hydrogen) atoms. The molecule has 0 saturated carbocycles. The van der Waals surface area contributed by atoms with E-state index in [4.69, 9.17) is 23.2 Å². The Labute approximate surface area is 197 Å². The minimum atomic E-state index is -0.855. The number of amides is 1. The summed E-state index contributed by atoms with van der Waals surface area (Å²) in [5, 5.41) is 3.93. The van der Waals surface area contributed by atoms with Crippen molar-refractivity contribution in [3.05, 3.63) is 105 Å². The van der Waals surface area contributed by atoms with E-state index in [2.05, 4.69) is 10.2 Å². The lowest BCUT2D eigenvalue weighted by Gasteiger charge is -2.34. The van der Waals surface area contributed by atoms with Crippen molar-refractivity contribution in [2.75, 3.05) is 4.90 Å². The molecule has 0 aromatic heterocycles. The molecule has 1 aliphatic rings. The first-order valence-corrected chi connectivity index (χ1v) is 11.0. The van der Waals surface area contributed by atoms with Crippen LogP contribution in [0.1, 0.15) is 36.6 Å². The molecule has 0 radical (unpaired) electrons. The first-order chi connectivity index (χ1) is 15.4. The number of carbonyl (C=O) groups is 2. The van der Waals surface area contributed by atoms with Crippen molar-refractivity contribution in [2.24, 2.45) is 0 Å². The van der Waals surface area contributed by atoms with E-state index >= 15 is 0 Å². The maximum atomic E-state index is 13.6. The Balaban J connectivity index is 1.80. The van der Waals surface area contributed by atoms with Crippen molar-refractivity contribution in [3.8, 4) is 0 Å². The van der Waals surface area contributed by atoms with Gasteiger partial charge in [0.1, 0.15) is 6.04 Å². The molecule has 1 amide bonds. The Hall–Kier alpha value is -3.08. The maximum Gasteiger partial charge on any atom is 0.254 e. The number of halogens is 2. The first-order valence-electron chi connectivity index (χ1n) is 10.3. The van der Waals surface area contributed by atoms with Crippen molar-refractivity contribution in [1.29, 1.82) is 0 Å². The molecule has 4 rings (SSSR count). The summed E-state index contributed by atoms with van der Waals surface area (Å²) in [5.41, 5.74) is 4.42. The van der Waals surface area contributed by atoms with Crippen LogP contribution in [0.3, 0.4) is 0 Å². The lowest BCUT2D eigenvalue weighted by atomic mass is 9.92. The van der Waals surface area contributed by atoms with Gasteiger partial charge in [-0.3, -0.25) is 9.59 Å². The van der Waals surface area contributed by atoms with Gasteiger partial charge in [0.05, 0.1) is 5.57 Å². The molecule has 0 unspecified atom stereocenters. The van der Waals surface area contributed by atoms with Gasteiger partial charge in [-0.2, -0.15) is 0 Å². The monoisotopic (exact) mass is 464 g/mol. The van der Waals surface area contributed by atoms with Gasteiger partial charge in [-0.15, -0.1) is 0 Å². The number of hydrogen-bond acceptors (Lipinski definition) is 3. The fourth-order valence-corrected chi connectivity index (χ4v) is 4.53. The molecule has 0 fully saturated rings. The average molecular weight is 465 g/mol. The van der Waals surface area contributed by atoms with Gasteiger partial charge in [0.2, 0.25) is 0 Å². The molecule has 1 heterocycles. The van der Waals surface area contributed by atoms with Crippen molar-refractivity contribution < 1.29 is 9.59 Å². The number of benzene rings is 3. The summed E-state index contributed by atoms with van der Waals surface area (Å²) in [5.74, 6) is -0.557. The molecular formula is C26H22Cl2N2O2. The van der Waals surface area contributed by atoms with Gasteiger partial charge in [0.25, 0.3) is 5.91 Å². The van der Waals surface area contributed by atoms with Gasteiger partial charge in [-0.05, 0) is 49.2 Å². The lowest BCUT2D eigenvalue weighted by Crippen LogP contribution is -2.37. The second kappa shape index (κ2) is 9.19. The molecule has 0 bridgehead atoms. The predicted octanol–water partition coefficient (Wildman–Crippen LogP) is 6.19. The SMILES string of the molecule is CC(=O)[C@@H](NC(=O)C1=C(C)N(c2ccccc2)Cc2c(Cl)cccc21)c1ccccc1Cl. The highest BCUT2D eigenvalue weighted by molar-refractivity contribution is 6.33. The van der Waals surface area contributed by atoms with E-state index < -0.39 is 6.04 Å². The van der Waals surface area contributed by atoms with Crippen LogP contribution in [-0.4, -0.2) is 11.7 Å². The number of hydrogen-bond donors (Lipinski definition) is 1. The minimum Gasteiger partial charge on any atom is -0.340 e. The van der Waals surface area contributed by atoms with Crippen LogP contribution in [0.4, 0.5) is 5.69 Å². The Bertz CT molecular complexity index is 1220. The Kier molecular flexibility index (Phi) is 6.35. The number of carbonyl (C=O) groups excluding carboxylic acids is 2. The summed E-state index contributed by atoms with van der Waals surface area (Å²) in [6.45, 7) is 3.89. The normalized spacial score (nSPS) is 14.1. The summed E-state index contributed by atoms with van der Waals surface area (Å²) in [4.78, 5) is 28.1. The minimum absolute atomic E-state index is 0.202. The number of fused-ring (bicyclic) bond motifs is 1. The van der Waals surface area contributed by atoms with E-state index in [0.29, 0.717) is 27.7 Å². The van der Waals surface area contributed by atoms with Gasteiger partial charge >= 0.3 is 0 Å². The number of Topliss-reactive ketones (excluding diaryl/α,β-unsaturated/α-hetero) is 1. The lowest BCUT2D eigenvalue weighted by molar-refractivity contribution is -0.124. The fraction of sp³-hybridized carbons (Fsp3) is 0.154. The number of nitrogens with zero attached hydrogens (tertiary/aromatic N) is 1.